The maximum atomic E-state index is 13.5. The van der Waals surface area contributed by atoms with Crippen LogP contribution in [-0.2, 0) is 4.79 Å². The number of carbonyl (C=O) groups is 1. The van der Waals surface area contributed by atoms with Crippen LogP contribution in [0.2, 0.25) is 0 Å². The van der Waals surface area contributed by atoms with E-state index in [4.69, 9.17) is 9.15 Å². The predicted molar refractivity (Wildman–Crippen MR) is 131 cm³/mol. The van der Waals surface area contributed by atoms with Crippen LogP contribution in [0.4, 0.5) is 14.5 Å². The van der Waals surface area contributed by atoms with Gasteiger partial charge in [-0.1, -0.05) is 29.8 Å². The molecule has 174 valence electrons. The fourth-order valence-electron chi connectivity index (χ4n) is 3.92. The molecule has 1 amide bonds. The second-order valence-corrected chi connectivity index (χ2v) is 8.15. The van der Waals surface area contributed by atoms with Gasteiger partial charge in [-0.25, -0.2) is 8.78 Å². The zero-order valence-electron chi connectivity index (χ0n) is 19.5. The highest BCUT2D eigenvalue weighted by Crippen LogP contribution is 2.40. The summed E-state index contributed by atoms with van der Waals surface area (Å²) in [6.07, 6.45) is 3.15. The molecule has 1 heterocycles. The third-order valence-electron chi connectivity index (χ3n) is 5.65. The summed E-state index contributed by atoms with van der Waals surface area (Å²) in [5.74, 6) is -1.83. The van der Waals surface area contributed by atoms with Gasteiger partial charge >= 0.3 is 0 Å². The lowest BCUT2D eigenvalue weighted by molar-refractivity contribution is -0.111. The molecule has 0 spiro atoms. The Kier molecular flexibility index (Phi) is 6.50. The van der Waals surface area contributed by atoms with Crippen molar-refractivity contribution >= 4 is 28.1 Å². The van der Waals surface area contributed by atoms with Crippen molar-refractivity contribution in [3.8, 4) is 16.9 Å². The molecule has 4 rings (SSSR count). The lowest BCUT2D eigenvalue weighted by Crippen LogP contribution is -2.09. The van der Waals surface area contributed by atoms with Crippen LogP contribution in [0.15, 0.2) is 65.3 Å². The number of allylic oxidation sites excluding steroid dienone is 1. The van der Waals surface area contributed by atoms with Gasteiger partial charge in [0.25, 0.3) is 0 Å². The predicted octanol–water partition coefficient (Wildman–Crippen LogP) is 7.44. The van der Waals surface area contributed by atoms with Crippen molar-refractivity contribution in [3.63, 3.8) is 0 Å². The molecule has 3 aromatic carbocycles. The van der Waals surface area contributed by atoms with E-state index in [0.717, 1.165) is 50.9 Å². The fraction of sp³-hybridized carbons (Fsp3) is 0.179. The first-order valence-electron chi connectivity index (χ1n) is 11.0. The highest BCUT2D eigenvalue weighted by molar-refractivity contribution is 6.06. The molecule has 34 heavy (non-hydrogen) atoms. The number of anilines is 1. The summed E-state index contributed by atoms with van der Waals surface area (Å²) in [6, 6.07) is 13.4. The van der Waals surface area contributed by atoms with E-state index in [1.54, 1.807) is 13.2 Å². The summed E-state index contributed by atoms with van der Waals surface area (Å²) in [6.45, 7) is 8.10. The van der Waals surface area contributed by atoms with Gasteiger partial charge in [-0.2, -0.15) is 0 Å². The zero-order chi connectivity index (χ0) is 24.4. The Morgan fingerprint density at radius 3 is 2.47 bits per heavy atom. The Morgan fingerprint density at radius 1 is 1.06 bits per heavy atom. The van der Waals surface area contributed by atoms with Crippen LogP contribution in [-0.4, -0.2) is 12.5 Å². The summed E-state index contributed by atoms with van der Waals surface area (Å²) < 4.78 is 38.5. The number of hydrogen-bond acceptors (Lipinski definition) is 3. The minimum atomic E-state index is -1.03. The van der Waals surface area contributed by atoms with E-state index in [2.05, 4.69) is 5.32 Å². The zero-order valence-corrected chi connectivity index (χ0v) is 19.5. The van der Waals surface area contributed by atoms with Crippen LogP contribution in [0.3, 0.4) is 0 Å². The van der Waals surface area contributed by atoms with Crippen molar-refractivity contribution in [1.29, 1.82) is 0 Å². The minimum absolute atomic E-state index is 0.168. The standard InChI is InChI=1S/C28H25F2NO3/c1-5-33-27-18(4)28-22(23(15-34-28)19-8-6-16(2)7-9-19)14-21(27)17(3)12-26(32)31-20-10-11-24(29)25(30)13-20/h6-15H,5H2,1-4H3,(H,31,32)/b17-12+. The number of rotatable bonds is 6. The van der Waals surface area contributed by atoms with Crippen LogP contribution >= 0.6 is 0 Å². The molecule has 1 aromatic heterocycles. The summed E-state index contributed by atoms with van der Waals surface area (Å²) in [5.41, 5.74) is 6.27. The second-order valence-electron chi connectivity index (χ2n) is 8.15. The van der Waals surface area contributed by atoms with Gasteiger partial charge in [0, 0.05) is 39.9 Å². The van der Waals surface area contributed by atoms with Gasteiger partial charge < -0.3 is 14.5 Å². The SMILES string of the molecule is CCOc1c(/C(C)=C/C(=O)Nc2ccc(F)c(F)c2)cc2c(-c3ccc(C)cc3)coc2c1C. The van der Waals surface area contributed by atoms with Crippen LogP contribution in [0, 0.1) is 25.5 Å². The number of carbonyl (C=O) groups excluding carboxylic acids is 1. The number of ether oxygens (including phenoxy) is 1. The van der Waals surface area contributed by atoms with E-state index in [-0.39, 0.29) is 5.69 Å². The minimum Gasteiger partial charge on any atom is -0.493 e. The molecular formula is C28H25F2NO3. The topological polar surface area (TPSA) is 51.5 Å². The summed E-state index contributed by atoms with van der Waals surface area (Å²) in [5, 5.41) is 3.48. The number of benzene rings is 3. The number of halogens is 2. The van der Waals surface area contributed by atoms with Crippen molar-refractivity contribution in [2.24, 2.45) is 0 Å². The molecule has 0 aliphatic rings. The number of hydrogen-bond donors (Lipinski definition) is 1. The summed E-state index contributed by atoms with van der Waals surface area (Å²) in [7, 11) is 0. The van der Waals surface area contributed by atoms with Crippen LogP contribution in [0.25, 0.3) is 27.7 Å². The molecule has 0 atom stereocenters. The second kappa shape index (κ2) is 9.51. The van der Waals surface area contributed by atoms with Crippen LogP contribution in [0.1, 0.15) is 30.5 Å². The van der Waals surface area contributed by atoms with E-state index in [9.17, 15) is 13.6 Å². The van der Waals surface area contributed by atoms with E-state index >= 15 is 0 Å². The molecule has 0 radical (unpaired) electrons. The van der Waals surface area contributed by atoms with E-state index in [1.165, 1.54) is 12.1 Å². The van der Waals surface area contributed by atoms with Crippen molar-refractivity contribution in [2.75, 3.05) is 11.9 Å². The lowest BCUT2D eigenvalue weighted by Gasteiger charge is -2.15. The Bertz CT molecular complexity index is 1400. The highest BCUT2D eigenvalue weighted by Gasteiger charge is 2.19. The third kappa shape index (κ3) is 4.57. The van der Waals surface area contributed by atoms with Gasteiger partial charge in [0.1, 0.15) is 11.3 Å². The molecule has 0 saturated heterocycles. The van der Waals surface area contributed by atoms with Gasteiger partial charge in [-0.05, 0) is 57.0 Å². The van der Waals surface area contributed by atoms with Gasteiger partial charge in [0.05, 0.1) is 12.9 Å². The number of aryl methyl sites for hydroxylation is 2. The maximum Gasteiger partial charge on any atom is 0.248 e. The summed E-state index contributed by atoms with van der Waals surface area (Å²) >= 11 is 0. The fourth-order valence-corrected chi connectivity index (χ4v) is 3.92. The first kappa shape index (κ1) is 23.2. The first-order valence-corrected chi connectivity index (χ1v) is 11.0. The van der Waals surface area contributed by atoms with Crippen molar-refractivity contribution in [3.05, 3.63) is 89.2 Å². The lowest BCUT2D eigenvalue weighted by atomic mass is 9.96. The third-order valence-corrected chi connectivity index (χ3v) is 5.65. The average Bonchev–Trinajstić information content (AvgIpc) is 3.23. The number of nitrogens with one attached hydrogen (secondary N) is 1. The number of fused-ring (bicyclic) bond motifs is 1. The van der Waals surface area contributed by atoms with E-state index in [0.29, 0.717) is 17.9 Å². The number of amides is 1. The molecule has 0 bridgehead atoms. The van der Waals surface area contributed by atoms with Gasteiger partial charge in [0.15, 0.2) is 11.6 Å². The molecule has 6 heteroatoms. The Morgan fingerprint density at radius 2 is 1.79 bits per heavy atom. The van der Waals surface area contributed by atoms with Crippen LogP contribution in [0.5, 0.6) is 5.75 Å². The average molecular weight is 462 g/mol. The normalized spacial score (nSPS) is 11.6. The largest absolute Gasteiger partial charge is 0.493 e. The van der Waals surface area contributed by atoms with Crippen LogP contribution < -0.4 is 10.1 Å². The highest BCUT2D eigenvalue weighted by atomic mass is 19.2. The molecule has 0 aliphatic carbocycles. The van der Waals surface area contributed by atoms with Crippen molar-refractivity contribution < 1.29 is 22.7 Å². The molecule has 0 unspecified atom stereocenters. The molecule has 0 saturated carbocycles. The number of furan rings is 1. The maximum absolute atomic E-state index is 13.5. The van der Waals surface area contributed by atoms with E-state index < -0.39 is 17.5 Å². The molecule has 4 nitrogen and oxygen atoms in total. The molecule has 0 fully saturated rings. The monoisotopic (exact) mass is 461 g/mol. The van der Waals surface area contributed by atoms with Crippen molar-refractivity contribution in [1.82, 2.24) is 0 Å². The van der Waals surface area contributed by atoms with Gasteiger partial charge in [-0.3, -0.25) is 4.79 Å². The molecule has 1 N–H and O–H groups in total. The molecule has 4 aromatic rings. The molecular weight excluding hydrogens is 436 g/mol. The van der Waals surface area contributed by atoms with Gasteiger partial charge in [0.2, 0.25) is 5.91 Å². The first-order chi connectivity index (χ1) is 16.3. The van der Waals surface area contributed by atoms with Gasteiger partial charge in [-0.15, -0.1) is 0 Å². The Hall–Kier alpha value is -3.93. The summed E-state index contributed by atoms with van der Waals surface area (Å²) in [4.78, 5) is 12.6. The van der Waals surface area contributed by atoms with Crippen molar-refractivity contribution in [2.45, 2.75) is 27.7 Å². The van der Waals surface area contributed by atoms with E-state index in [1.807, 2.05) is 51.1 Å². The molecule has 0 aliphatic heterocycles. The Labute approximate surface area is 196 Å². The quantitative estimate of drug-likeness (QED) is 0.304. The Balaban J connectivity index is 1.76. The smallest absolute Gasteiger partial charge is 0.248 e.